The molecule has 1 amide bonds. The van der Waals surface area contributed by atoms with Crippen LogP contribution in [0.3, 0.4) is 0 Å². The van der Waals surface area contributed by atoms with Crippen molar-refractivity contribution in [2.75, 3.05) is 18.4 Å². The molecule has 0 bridgehead atoms. The molecule has 25 heavy (non-hydrogen) atoms. The third kappa shape index (κ3) is 4.08. The summed E-state index contributed by atoms with van der Waals surface area (Å²) >= 11 is 0. The zero-order valence-corrected chi connectivity index (χ0v) is 15.9. The molecule has 0 unspecified atom stereocenters. The van der Waals surface area contributed by atoms with Crippen molar-refractivity contribution >= 4 is 21.6 Å². The molecule has 0 aliphatic rings. The van der Waals surface area contributed by atoms with E-state index in [2.05, 4.69) is 5.32 Å². The molecule has 0 fully saturated rings. The molecular formula is C19H24N2O3S. The predicted molar refractivity (Wildman–Crippen MR) is 100 cm³/mol. The Bertz CT molecular complexity index is 872. The smallest absolute Gasteiger partial charge is 0.255 e. The third-order valence-corrected chi connectivity index (χ3v) is 6.36. The van der Waals surface area contributed by atoms with Crippen molar-refractivity contribution in [3.8, 4) is 0 Å². The number of aryl methyl sites for hydroxylation is 2. The van der Waals surface area contributed by atoms with Crippen molar-refractivity contribution in [3.63, 3.8) is 0 Å². The Morgan fingerprint density at radius 2 is 1.64 bits per heavy atom. The summed E-state index contributed by atoms with van der Waals surface area (Å²) in [5.41, 5.74) is 2.60. The van der Waals surface area contributed by atoms with Gasteiger partial charge in [0.1, 0.15) is 0 Å². The maximum atomic E-state index is 12.8. The lowest BCUT2D eigenvalue weighted by atomic mass is 10.1. The van der Waals surface area contributed by atoms with Gasteiger partial charge >= 0.3 is 0 Å². The van der Waals surface area contributed by atoms with Gasteiger partial charge in [0, 0.05) is 24.3 Å². The van der Waals surface area contributed by atoms with E-state index in [-0.39, 0.29) is 10.8 Å². The number of para-hydroxylation sites is 1. The van der Waals surface area contributed by atoms with Gasteiger partial charge in [0.15, 0.2) is 0 Å². The highest BCUT2D eigenvalue weighted by Gasteiger charge is 2.24. The molecule has 0 spiro atoms. The van der Waals surface area contributed by atoms with Crippen LogP contribution in [0.2, 0.25) is 0 Å². The molecule has 134 valence electrons. The minimum Gasteiger partial charge on any atom is -0.322 e. The average molecular weight is 360 g/mol. The fraction of sp³-hybridized carbons (Fsp3) is 0.316. The molecule has 5 nitrogen and oxygen atoms in total. The molecule has 2 rings (SSSR count). The lowest BCUT2D eigenvalue weighted by Crippen LogP contribution is -2.31. The Morgan fingerprint density at radius 1 is 1.00 bits per heavy atom. The Kier molecular flexibility index (Phi) is 5.98. The second-order valence-electron chi connectivity index (χ2n) is 5.84. The van der Waals surface area contributed by atoms with Gasteiger partial charge in [0.25, 0.3) is 5.91 Å². The largest absolute Gasteiger partial charge is 0.322 e. The first-order valence-corrected chi connectivity index (χ1v) is 9.73. The molecule has 0 radical (unpaired) electrons. The SMILES string of the molecule is CCN(CC)S(=O)(=O)c1cc(C(=O)Nc2ccccc2C)ccc1C. The normalized spacial score (nSPS) is 11.6. The Morgan fingerprint density at radius 3 is 2.24 bits per heavy atom. The Balaban J connectivity index is 2.39. The fourth-order valence-electron chi connectivity index (χ4n) is 2.63. The van der Waals surface area contributed by atoms with Gasteiger partial charge in [0.05, 0.1) is 4.90 Å². The van der Waals surface area contributed by atoms with Crippen LogP contribution in [0.15, 0.2) is 47.4 Å². The molecule has 0 saturated carbocycles. The van der Waals surface area contributed by atoms with E-state index in [1.54, 1.807) is 32.9 Å². The van der Waals surface area contributed by atoms with Crippen LogP contribution >= 0.6 is 0 Å². The molecule has 0 aromatic heterocycles. The molecule has 1 N–H and O–H groups in total. The highest BCUT2D eigenvalue weighted by molar-refractivity contribution is 7.89. The number of rotatable bonds is 6. The molecule has 2 aromatic rings. The van der Waals surface area contributed by atoms with Crippen molar-refractivity contribution in [1.82, 2.24) is 4.31 Å². The van der Waals surface area contributed by atoms with Crippen LogP contribution in [-0.4, -0.2) is 31.7 Å². The molecule has 0 aliphatic heterocycles. The molecule has 0 heterocycles. The van der Waals surface area contributed by atoms with Crippen LogP contribution in [0.25, 0.3) is 0 Å². The number of nitrogens with zero attached hydrogens (tertiary/aromatic N) is 1. The van der Waals surface area contributed by atoms with Gasteiger partial charge in [-0.3, -0.25) is 4.79 Å². The first-order valence-electron chi connectivity index (χ1n) is 8.29. The number of carbonyl (C=O) groups is 1. The van der Waals surface area contributed by atoms with E-state index in [1.807, 2.05) is 31.2 Å². The lowest BCUT2D eigenvalue weighted by molar-refractivity contribution is 0.102. The summed E-state index contributed by atoms with van der Waals surface area (Å²) < 4.78 is 27.0. The van der Waals surface area contributed by atoms with Gasteiger partial charge in [0.2, 0.25) is 10.0 Å². The predicted octanol–water partition coefficient (Wildman–Crippen LogP) is 3.59. The zero-order chi connectivity index (χ0) is 18.6. The van der Waals surface area contributed by atoms with Crippen LogP contribution in [0.4, 0.5) is 5.69 Å². The van der Waals surface area contributed by atoms with E-state index >= 15 is 0 Å². The number of sulfonamides is 1. The maximum Gasteiger partial charge on any atom is 0.255 e. The zero-order valence-electron chi connectivity index (χ0n) is 15.0. The second kappa shape index (κ2) is 7.80. The molecule has 0 aliphatic carbocycles. The first kappa shape index (κ1) is 19.1. The van der Waals surface area contributed by atoms with Gasteiger partial charge in [-0.05, 0) is 43.2 Å². The summed E-state index contributed by atoms with van der Waals surface area (Å²) in [4.78, 5) is 12.7. The fourth-order valence-corrected chi connectivity index (χ4v) is 4.34. The molecule has 6 heteroatoms. The topological polar surface area (TPSA) is 66.5 Å². The van der Waals surface area contributed by atoms with Gasteiger partial charge in [-0.25, -0.2) is 8.42 Å². The number of hydrogen-bond acceptors (Lipinski definition) is 3. The summed E-state index contributed by atoms with van der Waals surface area (Å²) in [6.07, 6.45) is 0. The van der Waals surface area contributed by atoms with E-state index in [0.717, 1.165) is 5.56 Å². The molecular weight excluding hydrogens is 336 g/mol. The van der Waals surface area contributed by atoms with Crippen molar-refractivity contribution in [2.45, 2.75) is 32.6 Å². The monoisotopic (exact) mass is 360 g/mol. The van der Waals surface area contributed by atoms with Crippen LogP contribution in [0, 0.1) is 13.8 Å². The first-order chi connectivity index (χ1) is 11.8. The molecule has 2 aromatic carbocycles. The van der Waals surface area contributed by atoms with Crippen molar-refractivity contribution < 1.29 is 13.2 Å². The number of nitrogens with one attached hydrogen (secondary N) is 1. The Hall–Kier alpha value is -2.18. The number of anilines is 1. The average Bonchev–Trinajstić information content (AvgIpc) is 2.58. The number of benzene rings is 2. The van der Waals surface area contributed by atoms with E-state index in [9.17, 15) is 13.2 Å². The summed E-state index contributed by atoms with van der Waals surface area (Å²) in [7, 11) is -3.62. The van der Waals surface area contributed by atoms with Crippen LogP contribution in [-0.2, 0) is 10.0 Å². The van der Waals surface area contributed by atoms with Crippen molar-refractivity contribution in [1.29, 1.82) is 0 Å². The van der Waals surface area contributed by atoms with Crippen LogP contribution < -0.4 is 5.32 Å². The maximum absolute atomic E-state index is 12.8. The summed E-state index contributed by atoms with van der Waals surface area (Å²) in [6.45, 7) is 8.01. The lowest BCUT2D eigenvalue weighted by Gasteiger charge is -2.20. The van der Waals surface area contributed by atoms with Crippen molar-refractivity contribution in [3.05, 3.63) is 59.2 Å². The second-order valence-corrected chi connectivity index (χ2v) is 7.75. The quantitative estimate of drug-likeness (QED) is 0.856. The van der Waals surface area contributed by atoms with E-state index < -0.39 is 10.0 Å². The summed E-state index contributed by atoms with van der Waals surface area (Å²) in [5.74, 6) is -0.328. The van der Waals surface area contributed by atoms with E-state index in [1.165, 1.54) is 10.4 Å². The van der Waals surface area contributed by atoms with E-state index in [4.69, 9.17) is 0 Å². The third-order valence-electron chi connectivity index (χ3n) is 4.17. The van der Waals surface area contributed by atoms with Crippen LogP contribution in [0.1, 0.15) is 35.3 Å². The van der Waals surface area contributed by atoms with Gasteiger partial charge < -0.3 is 5.32 Å². The minimum absolute atomic E-state index is 0.175. The standard InChI is InChI=1S/C19H24N2O3S/c1-5-21(6-2)25(23,24)18-13-16(12-11-15(18)4)19(22)20-17-10-8-7-9-14(17)3/h7-13H,5-6H2,1-4H3,(H,20,22). The van der Waals surface area contributed by atoms with Gasteiger partial charge in [-0.1, -0.05) is 38.1 Å². The highest BCUT2D eigenvalue weighted by Crippen LogP contribution is 2.22. The number of amides is 1. The molecule has 0 atom stereocenters. The summed E-state index contributed by atoms with van der Waals surface area (Å²) in [6, 6.07) is 12.2. The van der Waals surface area contributed by atoms with E-state index in [0.29, 0.717) is 29.9 Å². The number of carbonyl (C=O) groups excluding carboxylic acids is 1. The minimum atomic E-state index is -3.62. The van der Waals surface area contributed by atoms with Crippen LogP contribution in [0.5, 0.6) is 0 Å². The van der Waals surface area contributed by atoms with Gasteiger partial charge in [-0.2, -0.15) is 4.31 Å². The van der Waals surface area contributed by atoms with Gasteiger partial charge in [-0.15, -0.1) is 0 Å². The molecule has 0 saturated heterocycles. The van der Waals surface area contributed by atoms with Crippen molar-refractivity contribution in [2.24, 2.45) is 0 Å². The summed E-state index contributed by atoms with van der Waals surface area (Å²) in [5, 5.41) is 2.83. The highest BCUT2D eigenvalue weighted by atomic mass is 32.2. The Labute approximate surface area is 149 Å². The number of hydrogen-bond donors (Lipinski definition) is 1.